The number of rotatable bonds is 3. The molecule has 0 radical (unpaired) electrons. The third-order valence-electron chi connectivity index (χ3n) is 2.52. The lowest BCUT2D eigenvalue weighted by atomic mass is 10.2. The van der Waals surface area contributed by atoms with Crippen molar-refractivity contribution in [1.82, 2.24) is 9.97 Å². The Hall–Kier alpha value is -2.30. The van der Waals surface area contributed by atoms with Gasteiger partial charge in [-0.3, -0.25) is 4.79 Å². The molecule has 0 atom stereocenters. The Morgan fingerprint density at radius 2 is 2.17 bits per heavy atom. The highest BCUT2D eigenvalue weighted by Gasteiger charge is 2.05. The van der Waals surface area contributed by atoms with E-state index in [1.165, 1.54) is 6.07 Å². The molecule has 5 heteroatoms. The molecule has 2 aromatic rings. The Morgan fingerprint density at radius 1 is 1.39 bits per heavy atom. The number of hydrogen-bond acceptors (Lipinski definition) is 4. The molecule has 0 aliphatic heterocycles. The van der Waals surface area contributed by atoms with Crippen LogP contribution in [0.3, 0.4) is 0 Å². The van der Waals surface area contributed by atoms with Gasteiger partial charge in [0.1, 0.15) is 11.6 Å². The van der Waals surface area contributed by atoms with Crippen molar-refractivity contribution in [3.8, 4) is 11.6 Å². The molecule has 0 bridgehead atoms. The van der Waals surface area contributed by atoms with Gasteiger partial charge in [0.2, 0.25) is 5.88 Å². The van der Waals surface area contributed by atoms with E-state index in [4.69, 9.17) is 10.5 Å². The lowest BCUT2D eigenvalue weighted by molar-refractivity contribution is 0.454. The number of aromatic nitrogens is 2. The molecule has 5 nitrogen and oxygen atoms in total. The predicted molar refractivity (Wildman–Crippen MR) is 69.9 cm³/mol. The van der Waals surface area contributed by atoms with E-state index in [9.17, 15) is 4.79 Å². The summed E-state index contributed by atoms with van der Waals surface area (Å²) in [6.45, 7) is 3.80. The van der Waals surface area contributed by atoms with Crippen molar-refractivity contribution >= 4 is 5.69 Å². The van der Waals surface area contributed by atoms with Crippen molar-refractivity contribution in [1.29, 1.82) is 0 Å². The second-order valence-corrected chi connectivity index (χ2v) is 4.01. The number of aryl methyl sites for hydroxylation is 2. The molecule has 3 N–H and O–H groups in total. The molecule has 0 aliphatic carbocycles. The molecule has 1 aromatic heterocycles. The standard InChI is InChI=1S/C13H15N3O2/c1-3-11-15-12(17)7-13(16-11)18-10-5-4-9(14)6-8(10)2/h4-7H,3,14H2,1-2H3,(H,15,16,17). The smallest absolute Gasteiger partial charge is 0.254 e. The van der Waals surface area contributed by atoms with E-state index in [-0.39, 0.29) is 5.56 Å². The van der Waals surface area contributed by atoms with Gasteiger partial charge in [0, 0.05) is 12.1 Å². The van der Waals surface area contributed by atoms with Crippen LogP contribution in [0.4, 0.5) is 5.69 Å². The number of nitrogens with two attached hydrogens (primary N) is 1. The summed E-state index contributed by atoms with van der Waals surface area (Å²) in [7, 11) is 0. The van der Waals surface area contributed by atoms with Crippen LogP contribution in [-0.2, 0) is 6.42 Å². The van der Waals surface area contributed by atoms with Crippen LogP contribution in [0.25, 0.3) is 0 Å². The third-order valence-corrected chi connectivity index (χ3v) is 2.52. The number of anilines is 1. The van der Waals surface area contributed by atoms with Crippen LogP contribution in [0.5, 0.6) is 11.6 Å². The number of ether oxygens (including phenoxy) is 1. The van der Waals surface area contributed by atoms with E-state index in [1.54, 1.807) is 12.1 Å². The van der Waals surface area contributed by atoms with E-state index in [2.05, 4.69) is 9.97 Å². The average Bonchev–Trinajstić information content (AvgIpc) is 2.32. The van der Waals surface area contributed by atoms with Crippen LogP contribution in [0.15, 0.2) is 29.1 Å². The number of nitrogens with one attached hydrogen (secondary N) is 1. The summed E-state index contributed by atoms with van der Waals surface area (Å²) in [4.78, 5) is 18.2. The van der Waals surface area contributed by atoms with Gasteiger partial charge in [-0.1, -0.05) is 6.92 Å². The maximum atomic E-state index is 11.4. The molecule has 18 heavy (non-hydrogen) atoms. The molecular formula is C13H15N3O2. The van der Waals surface area contributed by atoms with Crippen LogP contribution in [0.2, 0.25) is 0 Å². The SMILES string of the molecule is CCc1nc(Oc2ccc(N)cc2C)cc(=O)[nH]1. The molecule has 0 unspecified atom stereocenters. The van der Waals surface area contributed by atoms with Crippen molar-refractivity contribution in [2.45, 2.75) is 20.3 Å². The Balaban J connectivity index is 2.33. The summed E-state index contributed by atoms with van der Waals surface area (Å²) < 4.78 is 5.60. The molecule has 0 saturated heterocycles. The number of hydrogen-bond donors (Lipinski definition) is 2. The molecule has 2 rings (SSSR count). The minimum atomic E-state index is -0.218. The molecule has 0 aliphatic rings. The Morgan fingerprint density at radius 3 is 2.83 bits per heavy atom. The number of benzene rings is 1. The minimum absolute atomic E-state index is 0.218. The van der Waals surface area contributed by atoms with Gasteiger partial charge in [-0.05, 0) is 30.7 Å². The first-order valence-electron chi connectivity index (χ1n) is 5.72. The van der Waals surface area contributed by atoms with E-state index >= 15 is 0 Å². The van der Waals surface area contributed by atoms with Crippen LogP contribution in [0, 0.1) is 6.92 Å². The number of H-pyrrole nitrogens is 1. The van der Waals surface area contributed by atoms with Gasteiger partial charge >= 0.3 is 0 Å². The van der Waals surface area contributed by atoms with E-state index in [0.717, 1.165) is 5.56 Å². The van der Waals surface area contributed by atoms with Crippen molar-refractivity contribution in [2.24, 2.45) is 0 Å². The maximum absolute atomic E-state index is 11.4. The van der Waals surface area contributed by atoms with Gasteiger partial charge in [-0.15, -0.1) is 0 Å². The first kappa shape index (κ1) is 12.2. The fourth-order valence-corrected chi connectivity index (χ4v) is 1.60. The highest BCUT2D eigenvalue weighted by Crippen LogP contribution is 2.24. The second kappa shape index (κ2) is 4.91. The molecular weight excluding hydrogens is 230 g/mol. The molecule has 0 spiro atoms. The summed E-state index contributed by atoms with van der Waals surface area (Å²) in [6.07, 6.45) is 0.646. The zero-order chi connectivity index (χ0) is 13.1. The normalized spacial score (nSPS) is 10.3. The Labute approximate surface area is 105 Å². The molecule has 0 fully saturated rings. The van der Waals surface area contributed by atoms with E-state index in [0.29, 0.717) is 29.6 Å². The predicted octanol–water partition coefficient (Wildman–Crippen LogP) is 2.02. The van der Waals surface area contributed by atoms with Crippen molar-refractivity contribution < 1.29 is 4.74 Å². The van der Waals surface area contributed by atoms with Crippen LogP contribution < -0.4 is 16.0 Å². The minimum Gasteiger partial charge on any atom is -0.438 e. The summed E-state index contributed by atoms with van der Waals surface area (Å²) in [5.74, 6) is 1.54. The number of aromatic amines is 1. The summed E-state index contributed by atoms with van der Waals surface area (Å²) in [6, 6.07) is 6.65. The molecule has 0 saturated carbocycles. The maximum Gasteiger partial charge on any atom is 0.254 e. The zero-order valence-electron chi connectivity index (χ0n) is 10.4. The van der Waals surface area contributed by atoms with Gasteiger partial charge in [-0.2, -0.15) is 4.98 Å². The summed E-state index contributed by atoms with van der Waals surface area (Å²) in [5, 5.41) is 0. The highest BCUT2D eigenvalue weighted by atomic mass is 16.5. The second-order valence-electron chi connectivity index (χ2n) is 4.01. The van der Waals surface area contributed by atoms with Crippen LogP contribution >= 0.6 is 0 Å². The summed E-state index contributed by atoms with van der Waals surface area (Å²) in [5.41, 5.74) is 7.02. The highest BCUT2D eigenvalue weighted by molar-refractivity contribution is 5.48. The van der Waals surface area contributed by atoms with Gasteiger partial charge < -0.3 is 15.5 Å². The first-order valence-corrected chi connectivity index (χ1v) is 5.72. The van der Waals surface area contributed by atoms with Gasteiger partial charge in [-0.25, -0.2) is 0 Å². The third kappa shape index (κ3) is 2.68. The quantitative estimate of drug-likeness (QED) is 0.810. The Bertz CT molecular complexity index is 620. The van der Waals surface area contributed by atoms with Gasteiger partial charge in [0.05, 0.1) is 6.07 Å². The fourth-order valence-electron chi connectivity index (χ4n) is 1.60. The number of nitrogen functional groups attached to an aromatic ring is 1. The number of nitrogens with zero attached hydrogens (tertiary/aromatic N) is 1. The van der Waals surface area contributed by atoms with Crippen molar-refractivity contribution in [3.05, 3.63) is 46.0 Å². The topological polar surface area (TPSA) is 81.0 Å². The average molecular weight is 245 g/mol. The lowest BCUT2D eigenvalue weighted by Crippen LogP contribution is -2.10. The van der Waals surface area contributed by atoms with E-state index in [1.807, 2.05) is 19.9 Å². The molecule has 94 valence electrons. The van der Waals surface area contributed by atoms with Gasteiger partial charge in [0.15, 0.2) is 0 Å². The first-order chi connectivity index (χ1) is 8.58. The van der Waals surface area contributed by atoms with Crippen LogP contribution in [0.1, 0.15) is 18.3 Å². The fraction of sp³-hybridized carbons (Fsp3) is 0.231. The van der Waals surface area contributed by atoms with Crippen LogP contribution in [-0.4, -0.2) is 9.97 Å². The molecule has 1 aromatic carbocycles. The van der Waals surface area contributed by atoms with Gasteiger partial charge in [0.25, 0.3) is 5.56 Å². The van der Waals surface area contributed by atoms with E-state index < -0.39 is 0 Å². The zero-order valence-corrected chi connectivity index (χ0v) is 10.4. The monoisotopic (exact) mass is 245 g/mol. The lowest BCUT2D eigenvalue weighted by Gasteiger charge is -2.08. The Kier molecular flexibility index (Phi) is 3.32. The molecule has 1 heterocycles. The van der Waals surface area contributed by atoms with Crippen molar-refractivity contribution in [2.75, 3.05) is 5.73 Å². The molecule has 0 amide bonds. The largest absolute Gasteiger partial charge is 0.438 e. The summed E-state index contributed by atoms with van der Waals surface area (Å²) >= 11 is 0. The van der Waals surface area contributed by atoms with Crippen molar-refractivity contribution in [3.63, 3.8) is 0 Å².